The van der Waals surface area contributed by atoms with Gasteiger partial charge < -0.3 is 15.0 Å². The Morgan fingerprint density at radius 2 is 2.12 bits per heavy atom. The third-order valence-corrected chi connectivity index (χ3v) is 2.37. The lowest BCUT2D eigenvalue weighted by molar-refractivity contribution is -0.190. The number of likely N-dealkylation sites (tertiary alicyclic amines) is 1. The molecule has 1 fully saturated rings. The predicted octanol–water partition coefficient (Wildman–Crippen LogP) is 0.386. The average molecular weight is 240 g/mol. The van der Waals surface area contributed by atoms with Gasteiger partial charge in [-0.15, -0.1) is 0 Å². The van der Waals surface area contributed by atoms with E-state index < -0.39 is 12.1 Å². The van der Waals surface area contributed by atoms with Crippen LogP contribution in [0.25, 0.3) is 0 Å². The maximum absolute atomic E-state index is 12.0. The molecule has 1 aliphatic rings. The molecule has 0 bridgehead atoms. The maximum Gasteiger partial charge on any atom is 0.471 e. The van der Waals surface area contributed by atoms with Crippen molar-refractivity contribution >= 4 is 5.91 Å². The van der Waals surface area contributed by atoms with Crippen molar-refractivity contribution in [2.45, 2.75) is 18.6 Å². The van der Waals surface area contributed by atoms with Crippen LogP contribution in [0.2, 0.25) is 0 Å². The van der Waals surface area contributed by atoms with Crippen molar-refractivity contribution in [3.05, 3.63) is 0 Å². The lowest BCUT2D eigenvalue weighted by atomic mass is 10.1. The Morgan fingerprint density at radius 1 is 1.50 bits per heavy atom. The molecule has 16 heavy (non-hydrogen) atoms. The molecule has 1 aliphatic heterocycles. The summed E-state index contributed by atoms with van der Waals surface area (Å²) in [6, 6.07) is -0.0249. The molecule has 1 N–H and O–H groups in total. The normalized spacial score (nSPS) is 17.4. The van der Waals surface area contributed by atoms with Gasteiger partial charge in [-0.3, -0.25) is 4.79 Å². The summed E-state index contributed by atoms with van der Waals surface area (Å²) in [6.07, 6.45) is -3.94. The van der Waals surface area contributed by atoms with Crippen LogP contribution in [0.5, 0.6) is 0 Å². The minimum atomic E-state index is -4.75. The van der Waals surface area contributed by atoms with E-state index in [1.807, 2.05) is 0 Å². The Kier molecular flexibility index (Phi) is 4.55. The third kappa shape index (κ3) is 3.64. The summed E-state index contributed by atoms with van der Waals surface area (Å²) in [5.41, 5.74) is 0. The van der Waals surface area contributed by atoms with Gasteiger partial charge in [0.2, 0.25) is 0 Å². The molecular formula is C9H15F3N2O2. The molecule has 0 unspecified atom stereocenters. The zero-order valence-electron chi connectivity index (χ0n) is 9.01. The SMILES string of the molecule is COCCCNC1CN(C(=O)C(F)(F)F)C1. The van der Waals surface area contributed by atoms with E-state index in [4.69, 9.17) is 4.74 Å². The number of hydrogen-bond acceptors (Lipinski definition) is 3. The molecule has 7 heteroatoms. The molecule has 1 amide bonds. The highest BCUT2D eigenvalue weighted by Crippen LogP contribution is 2.21. The van der Waals surface area contributed by atoms with E-state index in [2.05, 4.69) is 5.32 Å². The lowest BCUT2D eigenvalue weighted by Gasteiger charge is -2.39. The molecule has 1 saturated heterocycles. The zero-order valence-corrected chi connectivity index (χ0v) is 9.01. The minimum absolute atomic E-state index is 0.0249. The molecule has 4 nitrogen and oxygen atoms in total. The van der Waals surface area contributed by atoms with Crippen LogP contribution in [-0.4, -0.2) is 56.4 Å². The zero-order chi connectivity index (χ0) is 12.2. The van der Waals surface area contributed by atoms with Crippen LogP contribution in [0, 0.1) is 0 Å². The molecule has 94 valence electrons. The fourth-order valence-corrected chi connectivity index (χ4v) is 1.48. The molecule has 0 aromatic rings. The van der Waals surface area contributed by atoms with Gasteiger partial charge in [-0.2, -0.15) is 13.2 Å². The van der Waals surface area contributed by atoms with Crippen LogP contribution < -0.4 is 5.32 Å². The molecule has 0 radical (unpaired) electrons. The van der Waals surface area contributed by atoms with E-state index in [0.717, 1.165) is 11.3 Å². The van der Waals surface area contributed by atoms with Gasteiger partial charge in [0.1, 0.15) is 0 Å². The first-order valence-electron chi connectivity index (χ1n) is 5.03. The summed E-state index contributed by atoms with van der Waals surface area (Å²) in [4.78, 5) is 11.5. The van der Waals surface area contributed by atoms with E-state index in [9.17, 15) is 18.0 Å². The Hall–Kier alpha value is -0.820. The minimum Gasteiger partial charge on any atom is -0.385 e. The maximum atomic E-state index is 12.0. The van der Waals surface area contributed by atoms with Crippen molar-refractivity contribution in [3.63, 3.8) is 0 Å². The van der Waals surface area contributed by atoms with Crippen molar-refractivity contribution in [1.82, 2.24) is 10.2 Å². The quantitative estimate of drug-likeness (QED) is 0.707. The smallest absolute Gasteiger partial charge is 0.385 e. The number of alkyl halides is 3. The van der Waals surface area contributed by atoms with Crippen molar-refractivity contribution in [2.24, 2.45) is 0 Å². The van der Waals surface area contributed by atoms with E-state index in [1.54, 1.807) is 7.11 Å². The molecule has 1 rings (SSSR count). The van der Waals surface area contributed by atoms with Gasteiger partial charge in [-0.05, 0) is 13.0 Å². The van der Waals surface area contributed by atoms with Gasteiger partial charge in [0, 0.05) is 32.8 Å². The van der Waals surface area contributed by atoms with Gasteiger partial charge in [-0.1, -0.05) is 0 Å². The van der Waals surface area contributed by atoms with E-state index >= 15 is 0 Å². The van der Waals surface area contributed by atoms with Crippen LogP contribution in [-0.2, 0) is 9.53 Å². The van der Waals surface area contributed by atoms with Crippen molar-refractivity contribution in [3.8, 4) is 0 Å². The molecule has 0 saturated carbocycles. The first kappa shape index (κ1) is 13.2. The fraction of sp³-hybridized carbons (Fsp3) is 0.889. The highest BCUT2D eigenvalue weighted by molar-refractivity contribution is 5.82. The first-order chi connectivity index (χ1) is 7.45. The Bertz CT molecular complexity index is 239. The second-order valence-electron chi connectivity index (χ2n) is 3.71. The number of hydrogen-bond donors (Lipinski definition) is 1. The number of rotatable bonds is 5. The molecule has 0 aliphatic carbocycles. The van der Waals surface area contributed by atoms with Crippen molar-refractivity contribution in [1.29, 1.82) is 0 Å². The largest absolute Gasteiger partial charge is 0.471 e. The second-order valence-corrected chi connectivity index (χ2v) is 3.71. The number of ether oxygens (including phenoxy) is 1. The topological polar surface area (TPSA) is 41.6 Å². The summed E-state index contributed by atoms with van der Waals surface area (Å²) in [7, 11) is 1.59. The van der Waals surface area contributed by atoms with Crippen molar-refractivity contribution in [2.75, 3.05) is 33.4 Å². The van der Waals surface area contributed by atoms with Crippen LogP contribution in [0.3, 0.4) is 0 Å². The van der Waals surface area contributed by atoms with Gasteiger partial charge in [0.25, 0.3) is 0 Å². The molecular weight excluding hydrogens is 225 g/mol. The second kappa shape index (κ2) is 5.49. The standard InChI is InChI=1S/C9H15F3N2O2/c1-16-4-2-3-13-7-5-14(6-7)8(15)9(10,11)12/h7,13H,2-6H2,1H3. The molecule has 0 spiro atoms. The number of halogens is 3. The number of carbonyl (C=O) groups excluding carboxylic acids is 1. The molecule has 0 aromatic heterocycles. The predicted molar refractivity (Wildman–Crippen MR) is 50.9 cm³/mol. The molecule has 0 aromatic carbocycles. The van der Waals surface area contributed by atoms with Crippen LogP contribution in [0.15, 0.2) is 0 Å². The van der Waals surface area contributed by atoms with Gasteiger partial charge in [-0.25, -0.2) is 0 Å². The highest BCUT2D eigenvalue weighted by atomic mass is 19.4. The summed E-state index contributed by atoms with van der Waals surface area (Å²) in [6.45, 7) is 1.56. The van der Waals surface area contributed by atoms with Gasteiger partial charge >= 0.3 is 12.1 Å². The average Bonchev–Trinajstić information content (AvgIpc) is 2.12. The number of nitrogens with one attached hydrogen (secondary N) is 1. The first-order valence-corrected chi connectivity index (χ1v) is 5.03. The van der Waals surface area contributed by atoms with E-state index in [0.29, 0.717) is 13.2 Å². The number of carbonyl (C=O) groups is 1. The van der Waals surface area contributed by atoms with Gasteiger partial charge in [0.05, 0.1) is 0 Å². The number of amides is 1. The van der Waals surface area contributed by atoms with Crippen molar-refractivity contribution < 1.29 is 22.7 Å². The van der Waals surface area contributed by atoms with E-state index in [-0.39, 0.29) is 19.1 Å². The summed E-state index contributed by atoms with van der Waals surface area (Å²) >= 11 is 0. The summed E-state index contributed by atoms with van der Waals surface area (Å²) < 4.78 is 40.7. The Morgan fingerprint density at radius 3 is 2.62 bits per heavy atom. The summed E-state index contributed by atoms with van der Waals surface area (Å²) in [5.74, 6) is -1.75. The highest BCUT2D eigenvalue weighted by Gasteiger charge is 2.46. The van der Waals surface area contributed by atoms with Crippen LogP contribution in [0.4, 0.5) is 13.2 Å². The third-order valence-electron chi connectivity index (χ3n) is 2.37. The van der Waals surface area contributed by atoms with Crippen LogP contribution >= 0.6 is 0 Å². The molecule has 1 heterocycles. The molecule has 0 atom stereocenters. The summed E-state index contributed by atoms with van der Waals surface area (Å²) in [5, 5.41) is 3.05. The van der Waals surface area contributed by atoms with E-state index in [1.165, 1.54) is 0 Å². The van der Waals surface area contributed by atoms with Gasteiger partial charge in [0.15, 0.2) is 0 Å². The monoisotopic (exact) mass is 240 g/mol. The number of methoxy groups -OCH3 is 1. The van der Waals surface area contributed by atoms with Crippen LogP contribution in [0.1, 0.15) is 6.42 Å². The Labute approximate surface area is 91.7 Å². The lowest BCUT2D eigenvalue weighted by Crippen LogP contribution is -2.62. The fourth-order valence-electron chi connectivity index (χ4n) is 1.48. The number of nitrogens with zero attached hydrogens (tertiary/aromatic N) is 1. The Balaban J connectivity index is 2.11.